The molecule has 2 aliphatic heterocycles. The standard InChI is InChI=1S/C21H38O13/c1-11(23)33-21(10-24-2)18(29-7)15(26-4)17(28-6)20(34-21)32-13-12(9-22)31-19(30-8)16(27-5)14(13)25-3/h12-20,22H,9-10H2,1-8H3/t12-,13-,14+,15-,16-,17+,18+,19+,20+,21+/m1/s1. The predicted molar refractivity (Wildman–Crippen MR) is 113 cm³/mol. The summed E-state index contributed by atoms with van der Waals surface area (Å²) in [6.45, 7) is 0.637. The Morgan fingerprint density at radius 1 is 0.794 bits per heavy atom. The first-order valence-electron chi connectivity index (χ1n) is 10.8. The smallest absolute Gasteiger partial charge is 0.305 e. The van der Waals surface area contributed by atoms with Gasteiger partial charge >= 0.3 is 5.97 Å². The van der Waals surface area contributed by atoms with Crippen molar-refractivity contribution in [1.82, 2.24) is 0 Å². The minimum absolute atomic E-state index is 0.189. The molecule has 2 fully saturated rings. The van der Waals surface area contributed by atoms with E-state index in [1.165, 1.54) is 56.7 Å². The molecule has 34 heavy (non-hydrogen) atoms. The Morgan fingerprint density at radius 3 is 1.82 bits per heavy atom. The molecular formula is C21H38O13. The molecule has 0 spiro atoms. The van der Waals surface area contributed by atoms with E-state index in [4.69, 9.17) is 52.1 Å². The fourth-order valence-electron chi connectivity index (χ4n) is 4.55. The van der Waals surface area contributed by atoms with Crippen LogP contribution in [0.3, 0.4) is 0 Å². The van der Waals surface area contributed by atoms with E-state index in [-0.39, 0.29) is 6.61 Å². The first kappa shape index (κ1) is 29.3. The number of carbonyl (C=O) groups excluding carboxylic acids is 1. The van der Waals surface area contributed by atoms with Gasteiger partial charge in [-0.2, -0.15) is 0 Å². The minimum atomic E-state index is -1.72. The van der Waals surface area contributed by atoms with Gasteiger partial charge in [-0.3, -0.25) is 4.79 Å². The van der Waals surface area contributed by atoms with E-state index in [1.54, 1.807) is 0 Å². The number of rotatable bonds is 12. The Bertz CT molecular complexity index is 621. The Kier molecular flexibility index (Phi) is 11.5. The average Bonchev–Trinajstić information content (AvgIpc) is 2.82. The zero-order valence-corrected chi connectivity index (χ0v) is 21.0. The molecule has 0 saturated carbocycles. The molecule has 0 amide bonds. The van der Waals surface area contributed by atoms with E-state index in [0.29, 0.717) is 0 Å². The maximum absolute atomic E-state index is 12.0. The summed E-state index contributed by atoms with van der Waals surface area (Å²) in [6, 6.07) is 0. The van der Waals surface area contributed by atoms with Gasteiger partial charge in [0, 0.05) is 56.7 Å². The molecule has 200 valence electrons. The van der Waals surface area contributed by atoms with Gasteiger partial charge in [-0.05, 0) is 0 Å². The van der Waals surface area contributed by atoms with Gasteiger partial charge in [0.15, 0.2) is 18.7 Å². The summed E-state index contributed by atoms with van der Waals surface area (Å²) >= 11 is 0. The van der Waals surface area contributed by atoms with Crippen molar-refractivity contribution in [3.05, 3.63) is 0 Å². The van der Waals surface area contributed by atoms with Gasteiger partial charge in [0.25, 0.3) is 5.79 Å². The van der Waals surface area contributed by atoms with Crippen LogP contribution in [0.25, 0.3) is 0 Å². The van der Waals surface area contributed by atoms with Crippen LogP contribution >= 0.6 is 0 Å². The maximum Gasteiger partial charge on any atom is 0.305 e. The SMILES string of the molecule is COC[C@]1(OC(C)=O)O[C@H](O[C@H]2[C@H](OC)[C@@H](OC)[C@@H](OC)O[C@@H]2CO)[C@@H](OC)[C@@H](OC)[C@@H]1OC. The van der Waals surface area contributed by atoms with Crippen LogP contribution < -0.4 is 0 Å². The van der Waals surface area contributed by atoms with E-state index >= 15 is 0 Å². The summed E-state index contributed by atoms with van der Waals surface area (Å²) < 4.78 is 62.7. The summed E-state index contributed by atoms with van der Waals surface area (Å²) in [5.74, 6) is -2.35. The van der Waals surface area contributed by atoms with Crippen LogP contribution in [0.2, 0.25) is 0 Å². The molecule has 0 bridgehead atoms. The van der Waals surface area contributed by atoms with Crippen molar-refractivity contribution in [2.45, 2.75) is 68.0 Å². The van der Waals surface area contributed by atoms with Crippen molar-refractivity contribution in [1.29, 1.82) is 0 Å². The summed E-state index contributed by atoms with van der Waals surface area (Å²) in [5.41, 5.74) is 0. The average molecular weight is 499 g/mol. The Hall–Kier alpha value is -0.970. The van der Waals surface area contributed by atoms with Crippen LogP contribution in [-0.4, -0.2) is 135 Å². The zero-order chi connectivity index (χ0) is 25.5. The highest BCUT2D eigenvalue weighted by molar-refractivity contribution is 5.66. The number of methoxy groups -OCH3 is 7. The first-order chi connectivity index (χ1) is 16.3. The van der Waals surface area contributed by atoms with Gasteiger partial charge in [0.2, 0.25) is 0 Å². The Morgan fingerprint density at radius 2 is 1.38 bits per heavy atom. The van der Waals surface area contributed by atoms with Crippen LogP contribution in [0.5, 0.6) is 0 Å². The van der Waals surface area contributed by atoms with Crippen molar-refractivity contribution in [3.8, 4) is 0 Å². The summed E-state index contributed by atoms with van der Waals surface area (Å²) in [7, 11) is 10.2. The molecule has 0 radical (unpaired) electrons. The molecule has 2 saturated heterocycles. The zero-order valence-electron chi connectivity index (χ0n) is 21.0. The summed E-state index contributed by atoms with van der Waals surface area (Å²) in [4.78, 5) is 12.0. The molecule has 2 rings (SSSR count). The fourth-order valence-corrected chi connectivity index (χ4v) is 4.55. The van der Waals surface area contributed by atoms with Crippen molar-refractivity contribution < 1.29 is 62.0 Å². The second-order valence-electron chi connectivity index (χ2n) is 7.84. The third kappa shape index (κ3) is 5.87. The first-order valence-corrected chi connectivity index (χ1v) is 10.8. The predicted octanol–water partition coefficient (Wildman–Crippen LogP) is -0.928. The van der Waals surface area contributed by atoms with Gasteiger partial charge in [-0.15, -0.1) is 0 Å². The number of ether oxygens (including phenoxy) is 11. The number of hydrogen-bond donors (Lipinski definition) is 1. The molecule has 0 aromatic heterocycles. The molecule has 0 aromatic rings. The summed E-state index contributed by atoms with van der Waals surface area (Å²) in [5, 5.41) is 10.0. The minimum Gasteiger partial charge on any atom is -0.428 e. The molecule has 0 unspecified atom stereocenters. The Balaban J connectivity index is 2.47. The quantitative estimate of drug-likeness (QED) is 0.332. The van der Waals surface area contributed by atoms with Crippen LogP contribution in [-0.2, 0) is 56.9 Å². The third-order valence-corrected chi connectivity index (χ3v) is 5.94. The molecule has 10 atom stereocenters. The Labute approximate surface area is 199 Å². The van der Waals surface area contributed by atoms with E-state index in [9.17, 15) is 9.90 Å². The van der Waals surface area contributed by atoms with Gasteiger partial charge in [0.05, 0.1) is 6.61 Å². The van der Waals surface area contributed by atoms with E-state index < -0.39 is 73.7 Å². The number of esters is 1. The van der Waals surface area contributed by atoms with Gasteiger partial charge in [0.1, 0.15) is 43.2 Å². The highest BCUT2D eigenvalue weighted by atomic mass is 16.8. The van der Waals surface area contributed by atoms with Crippen LogP contribution in [0.15, 0.2) is 0 Å². The number of aliphatic hydroxyl groups excluding tert-OH is 1. The van der Waals surface area contributed by atoms with Crippen molar-refractivity contribution in [2.75, 3.05) is 63.0 Å². The number of hydrogen-bond acceptors (Lipinski definition) is 13. The molecule has 2 heterocycles. The van der Waals surface area contributed by atoms with Crippen molar-refractivity contribution in [3.63, 3.8) is 0 Å². The van der Waals surface area contributed by atoms with Gasteiger partial charge in [-0.25, -0.2) is 0 Å². The molecular weight excluding hydrogens is 460 g/mol. The largest absolute Gasteiger partial charge is 0.428 e. The molecule has 13 heteroatoms. The second kappa shape index (κ2) is 13.4. The lowest BCUT2D eigenvalue weighted by molar-refractivity contribution is -0.422. The maximum atomic E-state index is 12.0. The van der Waals surface area contributed by atoms with E-state index in [2.05, 4.69) is 0 Å². The van der Waals surface area contributed by atoms with Crippen molar-refractivity contribution in [2.24, 2.45) is 0 Å². The highest BCUT2D eigenvalue weighted by Crippen LogP contribution is 2.38. The van der Waals surface area contributed by atoms with Crippen LogP contribution in [0.4, 0.5) is 0 Å². The highest BCUT2D eigenvalue weighted by Gasteiger charge is 2.60. The topological polar surface area (TPSA) is 139 Å². The molecule has 13 nitrogen and oxygen atoms in total. The van der Waals surface area contributed by atoms with Crippen LogP contribution in [0, 0.1) is 0 Å². The molecule has 0 aliphatic carbocycles. The van der Waals surface area contributed by atoms with Gasteiger partial charge in [-0.1, -0.05) is 0 Å². The second-order valence-corrected chi connectivity index (χ2v) is 7.84. The fraction of sp³-hybridized carbons (Fsp3) is 0.952. The third-order valence-electron chi connectivity index (χ3n) is 5.94. The lowest BCUT2D eigenvalue weighted by atomic mass is 9.94. The number of aliphatic hydroxyl groups is 1. The molecule has 1 N–H and O–H groups in total. The molecule has 2 aliphatic rings. The van der Waals surface area contributed by atoms with E-state index in [0.717, 1.165) is 0 Å². The number of carbonyl (C=O) groups is 1. The lowest BCUT2D eigenvalue weighted by Crippen LogP contribution is -2.70. The monoisotopic (exact) mass is 498 g/mol. The summed E-state index contributed by atoms with van der Waals surface area (Å²) in [6.07, 6.45) is -7.74. The van der Waals surface area contributed by atoms with E-state index in [1.807, 2.05) is 0 Å². The van der Waals surface area contributed by atoms with Gasteiger partial charge < -0.3 is 57.2 Å². The lowest BCUT2D eigenvalue weighted by Gasteiger charge is -2.52. The van der Waals surface area contributed by atoms with Crippen molar-refractivity contribution >= 4 is 5.97 Å². The normalized spacial score (nSPS) is 40.8. The van der Waals surface area contributed by atoms with Crippen LogP contribution in [0.1, 0.15) is 6.92 Å². The molecule has 0 aromatic carbocycles.